The lowest BCUT2D eigenvalue weighted by Crippen LogP contribution is -1.77. The van der Waals surface area contributed by atoms with E-state index in [1.165, 1.54) is 5.57 Å². The molecule has 0 heteroatoms. The lowest BCUT2D eigenvalue weighted by Gasteiger charge is -1.97. The quantitative estimate of drug-likeness (QED) is 0.540. The summed E-state index contributed by atoms with van der Waals surface area (Å²) < 4.78 is 0. The summed E-state index contributed by atoms with van der Waals surface area (Å²) >= 11 is 0. The summed E-state index contributed by atoms with van der Waals surface area (Å²) in [6.07, 6.45) is 4.48. The first kappa shape index (κ1) is 15.0. The first-order valence-electron chi connectivity index (χ1n) is 5.28. The maximum Gasteiger partial charge on any atom is -0.0346 e. The van der Waals surface area contributed by atoms with Crippen molar-refractivity contribution in [2.75, 3.05) is 0 Å². The van der Waals surface area contributed by atoms with E-state index in [1.807, 2.05) is 6.92 Å². The van der Waals surface area contributed by atoms with Gasteiger partial charge < -0.3 is 0 Å². The first-order chi connectivity index (χ1) is 5.93. The van der Waals surface area contributed by atoms with Crippen LogP contribution < -0.4 is 0 Å². The minimum Gasteiger partial charge on any atom is -0.0961 e. The Morgan fingerprint density at radius 3 is 1.54 bits per heavy atom. The molecule has 78 valence electrons. The van der Waals surface area contributed by atoms with Crippen molar-refractivity contribution >= 4 is 0 Å². The molecule has 0 aliphatic carbocycles. The van der Waals surface area contributed by atoms with Crippen LogP contribution in [0.2, 0.25) is 0 Å². The molecule has 0 fully saturated rings. The highest BCUT2D eigenvalue weighted by molar-refractivity contribution is 5.17. The van der Waals surface area contributed by atoms with Crippen molar-refractivity contribution in [1.29, 1.82) is 0 Å². The van der Waals surface area contributed by atoms with Gasteiger partial charge in [0.15, 0.2) is 0 Å². The SMILES string of the molecule is C=C(C)C=C(CC)CC.CC(C)C. The van der Waals surface area contributed by atoms with Gasteiger partial charge in [-0.15, -0.1) is 0 Å². The van der Waals surface area contributed by atoms with E-state index in [9.17, 15) is 0 Å². The molecule has 0 bridgehead atoms. The van der Waals surface area contributed by atoms with E-state index in [-0.39, 0.29) is 0 Å². The van der Waals surface area contributed by atoms with Gasteiger partial charge in [-0.1, -0.05) is 58.4 Å². The summed E-state index contributed by atoms with van der Waals surface area (Å²) in [6, 6.07) is 0. The minimum absolute atomic E-state index is 0.833. The highest BCUT2D eigenvalue weighted by atomic mass is 13.9. The van der Waals surface area contributed by atoms with Gasteiger partial charge >= 0.3 is 0 Å². The fourth-order valence-electron chi connectivity index (χ4n) is 0.803. The van der Waals surface area contributed by atoms with Gasteiger partial charge in [0.25, 0.3) is 0 Å². The van der Waals surface area contributed by atoms with Gasteiger partial charge in [0.2, 0.25) is 0 Å². The van der Waals surface area contributed by atoms with Crippen LogP contribution in [0.15, 0.2) is 23.8 Å². The van der Waals surface area contributed by atoms with Crippen molar-refractivity contribution in [2.24, 2.45) is 5.92 Å². The molecular weight excluding hydrogens is 156 g/mol. The average Bonchev–Trinajstić information content (AvgIpc) is 1.98. The van der Waals surface area contributed by atoms with Crippen LogP contribution >= 0.6 is 0 Å². The second-order valence-electron chi connectivity index (χ2n) is 4.09. The molecule has 0 radical (unpaired) electrons. The van der Waals surface area contributed by atoms with Crippen molar-refractivity contribution in [3.63, 3.8) is 0 Å². The predicted molar refractivity (Wildman–Crippen MR) is 64.0 cm³/mol. The molecule has 0 aromatic rings. The zero-order chi connectivity index (χ0) is 10.9. The Bertz CT molecular complexity index is 141. The van der Waals surface area contributed by atoms with E-state index >= 15 is 0 Å². The Hall–Kier alpha value is -0.520. The highest BCUT2D eigenvalue weighted by Crippen LogP contribution is 2.07. The van der Waals surface area contributed by atoms with Crippen LogP contribution in [0.3, 0.4) is 0 Å². The van der Waals surface area contributed by atoms with Crippen LogP contribution in [-0.2, 0) is 0 Å². The van der Waals surface area contributed by atoms with Crippen molar-refractivity contribution in [1.82, 2.24) is 0 Å². The molecule has 0 nitrogen and oxygen atoms in total. The summed E-state index contributed by atoms with van der Waals surface area (Å²) in [7, 11) is 0. The third-order valence-electron chi connectivity index (χ3n) is 1.36. The molecule has 0 saturated heterocycles. The molecule has 0 rings (SSSR count). The Morgan fingerprint density at radius 2 is 1.46 bits per heavy atom. The molecule has 0 amide bonds. The third-order valence-corrected chi connectivity index (χ3v) is 1.36. The monoisotopic (exact) mass is 182 g/mol. The maximum absolute atomic E-state index is 3.81. The van der Waals surface area contributed by atoms with E-state index in [4.69, 9.17) is 0 Å². The fourth-order valence-corrected chi connectivity index (χ4v) is 0.803. The van der Waals surface area contributed by atoms with E-state index < -0.39 is 0 Å². The van der Waals surface area contributed by atoms with Crippen LogP contribution in [0.5, 0.6) is 0 Å². The predicted octanol–water partition coefficient (Wildman–Crippen LogP) is 4.97. The van der Waals surface area contributed by atoms with Gasteiger partial charge in [-0.05, 0) is 25.7 Å². The number of hydrogen-bond donors (Lipinski definition) is 0. The molecule has 0 aliphatic heterocycles. The molecule has 0 N–H and O–H groups in total. The van der Waals surface area contributed by atoms with Gasteiger partial charge in [-0.2, -0.15) is 0 Å². The Morgan fingerprint density at radius 1 is 1.15 bits per heavy atom. The van der Waals surface area contributed by atoms with Gasteiger partial charge in [-0.25, -0.2) is 0 Å². The molecular formula is C13H26. The fraction of sp³-hybridized carbons (Fsp3) is 0.692. The summed E-state index contributed by atoms with van der Waals surface area (Å²) in [5.41, 5.74) is 2.65. The Labute approximate surface area is 84.7 Å². The zero-order valence-corrected chi connectivity index (χ0v) is 10.3. The topological polar surface area (TPSA) is 0 Å². The smallest absolute Gasteiger partial charge is 0.0346 e. The maximum atomic E-state index is 3.81. The van der Waals surface area contributed by atoms with Crippen LogP contribution in [0.1, 0.15) is 54.4 Å². The van der Waals surface area contributed by atoms with Crippen molar-refractivity contribution in [3.8, 4) is 0 Å². The van der Waals surface area contributed by atoms with E-state index in [0.717, 1.165) is 24.3 Å². The average molecular weight is 182 g/mol. The van der Waals surface area contributed by atoms with Gasteiger partial charge in [0.1, 0.15) is 0 Å². The second-order valence-corrected chi connectivity index (χ2v) is 4.09. The molecule has 0 saturated carbocycles. The molecule has 13 heavy (non-hydrogen) atoms. The highest BCUT2D eigenvalue weighted by Gasteiger charge is 1.87. The number of allylic oxidation sites excluding steroid dienone is 3. The van der Waals surface area contributed by atoms with Crippen molar-refractivity contribution < 1.29 is 0 Å². The van der Waals surface area contributed by atoms with Gasteiger partial charge in [0, 0.05) is 0 Å². The van der Waals surface area contributed by atoms with Crippen molar-refractivity contribution in [3.05, 3.63) is 23.8 Å². The third kappa shape index (κ3) is 18.4. The van der Waals surface area contributed by atoms with Crippen LogP contribution in [0.4, 0.5) is 0 Å². The summed E-state index contributed by atoms with van der Waals surface area (Å²) in [5.74, 6) is 0.833. The Balaban J connectivity index is 0. The van der Waals surface area contributed by atoms with Gasteiger partial charge in [0.05, 0.1) is 0 Å². The molecule has 0 aliphatic rings. The van der Waals surface area contributed by atoms with E-state index in [0.29, 0.717) is 0 Å². The molecule has 0 aromatic heterocycles. The lowest BCUT2D eigenvalue weighted by molar-refractivity contribution is 0.737. The summed E-state index contributed by atoms with van der Waals surface area (Å²) in [5, 5.41) is 0. The summed E-state index contributed by atoms with van der Waals surface area (Å²) in [4.78, 5) is 0. The molecule has 0 unspecified atom stereocenters. The van der Waals surface area contributed by atoms with Crippen LogP contribution in [-0.4, -0.2) is 0 Å². The summed E-state index contributed by atoms with van der Waals surface area (Å²) in [6.45, 7) is 16.7. The zero-order valence-electron chi connectivity index (χ0n) is 10.3. The Kier molecular flexibility index (Phi) is 11.0. The standard InChI is InChI=1S/C9H16.C4H10/c1-5-9(6-2)7-8(3)4;1-4(2)3/h7H,3,5-6H2,1-2,4H3;4H,1-3H3. The van der Waals surface area contributed by atoms with Crippen LogP contribution in [0, 0.1) is 5.92 Å². The molecule has 0 spiro atoms. The van der Waals surface area contributed by atoms with Crippen molar-refractivity contribution in [2.45, 2.75) is 54.4 Å². The lowest BCUT2D eigenvalue weighted by atomic mass is 10.1. The normalized spacial score (nSPS) is 8.85. The van der Waals surface area contributed by atoms with E-state index in [1.54, 1.807) is 0 Å². The molecule has 0 atom stereocenters. The molecule has 0 heterocycles. The first-order valence-corrected chi connectivity index (χ1v) is 5.28. The number of hydrogen-bond acceptors (Lipinski definition) is 0. The largest absolute Gasteiger partial charge is 0.0961 e. The van der Waals surface area contributed by atoms with Crippen LogP contribution in [0.25, 0.3) is 0 Å². The minimum atomic E-state index is 0.833. The van der Waals surface area contributed by atoms with E-state index in [2.05, 4.69) is 47.3 Å². The van der Waals surface area contributed by atoms with Gasteiger partial charge in [-0.3, -0.25) is 0 Å². The number of rotatable bonds is 3. The molecule has 0 aromatic carbocycles. The second kappa shape index (κ2) is 9.57.